The van der Waals surface area contributed by atoms with Crippen LogP contribution in [-0.4, -0.2) is 30.7 Å². The average molecular weight is 144 g/mol. The summed E-state index contributed by atoms with van der Waals surface area (Å²) in [7, 11) is 0. The van der Waals surface area contributed by atoms with Gasteiger partial charge in [-0.25, -0.2) is 0 Å². The summed E-state index contributed by atoms with van der Waals surface area (Å²) in [6.07, 6.45) is 2.07. The van der Waals surface area contributed by atoms with E-state index in [-0.39, 0.29) is 19.0 Å². The highest BCUT2D eigenvalue weighted by Crippen LogP contribution is 2.32. The van der Waals surface area contributed by atoms with Crippen molar-refractivity contribution in [3.63, 3.8) is 0 Å². The molecule has 0 amide bonds. The van der Waals surface area contributed by atoms with E-state index in [0.29, 0.717) is 5.92 Å². The molecule has 10 heavy (non-hydrogen) atoms. The van der Waals surface area contributed by atoms with Crippen LogP contribution in [-0.2, 0) is 9.47 Å². The van der Waals surface area contributed by atoms with Crippen LogP contribution in [0.5, 0.6) is 0 Å². The molecule has 0 aliphatic carbocycles. The third-order valence-electron chi connectivity index (χ3n) is 2.29. The van der Waals surface area contributed by atoms with Gasteiger partial charge < -0.3 is 14.6 Å². The molecule has 3 heteroatoms. The first-order valence-corrected chi connectivity index (χ1v) is 3.78. The lowest BCUT2D eigenvalue weighted by Gasteiger charge is -2.21. The summed E-state index contributed by atoms with van der Waals surface area (Å²) in [5.74, 6) is 0.326. The van der Waals surface area contributed by atoms with Gasteiger partial charge in [-0.2, -0.15) is 0 Å². The second-order valence-corrected chi connectivity index (χ2v) is 2.94. The van der Waals surface area contributed by atoms with E-state index >= 15 is 0 Å². The summed E-state index contributed by atoms with van der Waals surface area (Å²) in [5.41, 5.74) is 0. The van der Waals surface area contributed by atoms with Gasteiger partial charge in [0.2, 0.25) is 0 Å². The SMILES string of the molecule is OC[C@H]1C[C@@H]2OCC[C@H]1O2. The van der Waals surface area contributed by atoms with Crippen LogP contribution < -0.4 is 0 Å². The van der Waals surface area contributed by atoms with E-state index in [1.54, 1.807) is 0 Å². The van der Waals surface area contributed by atoms with Crippen molar-refractivity contribution < 1.29 is 14.6 Å². The summed E-state index contributed by atoms with van der Waals surface area (Å²) in [6, 6.07) is 0. The fourth-order valence-electron chi connectivity index (χ4n) is 1.68. The molecule has 2 rings (SSSR count). The molecule has 0 radical (unpaired) electrons. The van der Waals surface area contributed by atoms with Crippen molar-refractivity contribution in [2.45, 2.75) is 25.2 Å². The Hall–Kier alpha value is -0.120. The lowest BCUT2D eigenvalue weighted by Crippen LogP contribution is -2.25. The molecule has 0 unspecified atom stereocenters. The van der Waals surface area contributed by atoms with E-state index in [0.717, 1.165) is 19.4 Å². The van der Waals surface area contributed by atoms with Crippen molar-refractivity contribution in [2.75, 3.05) is 13.2 Å². The largest absolute Gasteiger partial charge is 0.396 e. The van der Waals surface area contributed by atoms with E-state index in [9.17, 15) is 0 Å². The number of fused-ring (bicyclic) bond motifs is 2. The molecule has 2 bridgehead atoms. The Bertz CT molecular complexity index is 126. The summed E-state index contributed by atoms with van der Waals surface area (Å²) in [5, 5.41) is 8.88. The molecule has 0 spiro atoms. The molecule has 2 aliphatic heterocycles. The zero-order valence-corrected chi connectivity index (χ0v) is 5.82. The molecule has 0 aromatic rings. The number of rotatable bonds is 1. The summed E-state index contributed by atoms with van der Waals surface area (Å²) < 4.78 is 10.7. The maximum absolute atomic E-state index is 8.88. The van der Waals surface area contributed by atoms with Gasteiger partial charge in [0, 0.05) is 18.9 Å². The highest BCUT2D eigenvalue weighted by Gasteiger charge is 2.38. The highest BCUT2D eigenvalue weighted by molar-refractivity contribution is 4.81. The van der Waals surface area contributed by atoms with Crippen LogP contribution >= 0.6 is 0 Å². The van der Waals surface area contributed by atoms with E-state index in [2.05, 4.69) is 0 Å². The molecule has 0 saturated carbocycles. The molecule has 0 aromatic carbocycles. The third kappa shape index (κ3) is 0.944. The smallest absolute Gasteiger partial charge is 0.158 e. The van der Waals surface area contributed by atoms with Crippen LogP contribution in [0.3, 0.4) is 0 Å². The molecule has 0 aromatic heterocycles. The quantitative estimate of drug-likeness (QED) is 0.568. The first-order chi connectivity index (χ1) is 4.90. The van der Waals surface area contributed by atoms with Crippen LogP contribution in [0.2, 0.25) is 0 Å². The second-order valence-electron chi connectivity index (χ2n) is 2.94. The molecule has 2 fully saturated rings. The molecule has 2 saturated heterocycles. The minimum atomic E-state index is -0.0177. The molecule has 3 atom stereocenters. The number of hydrogen-bond acceptors (Lipinski definition) is 3. The molecule has 2 heterocycles. The van der Waals surface area contributed by atoms with Gasteiger partial charge in [-0.3, -0.25) is 0 Å². The van der Waals surface area contributed by atoms with Gasteiger partial charge in [-0.15, -0.1) is 0 Å². The van der Waals surface area contributed by atoms with Crippen molar-refractivity contribution >= 4 is 0 Å². The standard InChI is InChI=1S/C7H12O3/c8-4-5-3-7-9-2-1-6(5)10-7/h5-8H,1-4H2/t5-,6-,7-/m1/s1. The Labute approximate surface area is 59.9 Å². The number of aliphatic hydroxyl groups excluding tert-OH is 1. The van der Waals surface area contributed by atoms with Gasteiger partial charge in [0.1, 0.15) is 0 Å². The van der Waals surface area contributed by atoms with Gasteiger partial charge >= 0.3 is 0 Å². The highest BCUT2D eigenvalue weighted by atomic mass is 16.7. The summed E-state index contributed by atoms with van der Waals surface area (Å²) in [4.78, 5) is 0. The van der Waals surface area contributed by atoms with E-state index in [1.807, 2.05) is 0 Å². The normalized spacial score (nSPS) is 45.9. The predicted molar refractivity (Wildman–Crippen MR) is 34.4 cm³/mol. The molecule has 58 valence electrons. The van der Waals surface area contributed by atoms with Crippen molar-refractivity contribution in [2.24, 2.45) is 5.92 Å². The minimum absolute atomic E-state index is 0.0177. The molecule has 3 nitrogen and oxygen atoms in total. The zero-order valence-electron chi connectivity index (χ0n) is 5.82. The monoisotopic (exact) mass is 144 g/mol. The number of hydrogen-bond donors (Lipinski definition) is 1. The molecule has 1 N–H and O–H groups in total. The fraction of sp³-hybridized carbons (Fsp3) is 1.00. The molecular weight excluding hydrogens is 132 g/mol. The number of aliphatic hydroxyl groups is 1. The van der Waals surface area contributed by atoms with E-state index in [1.165, 1.54) is 0 Å². The third-order valence-corrected chi connectivity index (χ3v) is 2.29. The zero-order chi connectivity index (χ0) is 6.97. The lowest BCUT2D eigenvalue weighted by molar-refractivity contribution is -0.175. The van der Waals surface area contributed by atoms with Crippen LogP contribution in [0.25, 0.3) is 0 Å². The van der Waals surface area contributed by atoms with Crippen molar-refractivity contribution in [3.05, 3.63) is 0 Å². The van der Waals surface area contributed by atoms with Gasteiger partial charge in [-0.05, 0) is 6.42 Å². The topological polar surface area (TPSA) is 38.7 Å². The van der Waals surface area contributed by atoms with E-state index in [4.69, 9.17) is 14.6 Å². The second kappa shape index (κ2) is 2.49. The van der Waals surface area contributed by atoms with Gasteiger partial charge in [0.15, 0.2) is 6.29 Å². The Morgan fingerprint density at radius 2 is 2.40 bits per heavy atom. The maximum atomic E-state index is 8.88. The fourth-order valence-corrected chi connectivity index (χ4v) is 1.68. The Morgan fingerprint density at radius 3 is 3.10 bits per heavy atom. The first kappa shape index (κ1) is 6.58. The minimum Gasteiger partial charge on any atom is -0.396 e. The molecular formula is C7H12O3. The van der Waals surface area contributed by atoms with Crippen LogP contribution in [0.1, 0.15) is 12.8 Å². The van der Waals surface area contributed by atoms with Gasteiger partial charge in [-0.1, -0.05) is 0 Å². The van der Waals surface area contributed by atoms with Crippen molar-refractivity contribution in [1.82, 2.24) is 0 Å². The van der Waals surface area contributed by atoms with Crippen molar-refractivity contribution in [3.8, 4) is 0 Å². The maximum Gasteiger partial charge on any atom is 0.158 e. The Morgan fingerprint density at radius 1 is 1.50 bits per heavy atom. The van der Waals surface area contributed by atoms with E-state index < -0.39 is 0 Å². The van der Waals surface area contributed by atoms with Crippen LogP contribution in [0.4, 0.5) is 0 Å². The average Bonchev–Trinajstić information content (AvgIpc) is 2.26. The van der Waals surface area contributed by atoms with Gasteiger partial charge in [0.05, 0.1) is 12.7 Å². The summed E-state index contributed by atoms with van der Waals surface area (Å²) >= 11 is 0. The number of ether oxygens (including phenoxy) is 2. The Balaban J connectivity index is 2.01. The Kier molecular flexibility index (Phi) is 1.64. The summed E-state index contributed by atoms with van der Waals surface area (Å²) in [6.45, 7) is 1.04. The predicted octanol–water partition coefficient (Wildman–Crippen LogP) is 0.130. The van der Waals surface area contributed by atoms with Gasteiger partial charge in [0.25, 0.3) is 0 Å². The first-order valence-electron chi connectivity index (χ1n) is 3.78. The molecule has 2 aliphatic rings. The van der Waals surface area contributed by atoms with Crippen molar-refractivity contribution in [1.29, 1.82) is 0 Å². The van der Waals surface area contributed by atoms with Crippen LogP contribution in [0, 0.1) is 5.92 Å². The van der Waals surface area contributed by atoms with Crippen LogP contribution in [0.15, 0.2) is 0 Å². The lowest BCUT2D eigenvalue weighted by atomic mass is 10.0.